The van der Waals surface area contributed by atoms with Gasteiger partial charge in [0.2, 0.25) is 0 Å². The van der Waals surface area contributed by atoms with Crippen molar-refractivity contribution in [1.29, 1.82) is 0 Å². The third-order valence-corrected chi connectivity index (χ3v) is 6.06. The molecule has 2 aliphatic rings. The van der Waals surface area contributed by atoms with Crippen molar-refractivity contribution in [2.75, 3.05) is 18.0 Å². The Kier molecular flexibility index (Phi) is 4.07. The van der Waals surface area contributed by atoms with Crippen molar-refractivity contribution >= 4 is 5.69 Å². The van der Waals surface area contributed by atoms with Gasteiger partial charge in [-0.05, 0) is 44.4 Å². The normalized spacial score (nSPS) is 26.1. The Morgan fingerprint density at radius 1 is 1.08 bits per heavy atom. The molecule has 2 aromatic rings. The van der Waals surface area contributed by atoms with E-state index in [1.54, 1.807) is 26.0 Å². The molecule has 0 fully saturated rings. The number of halogens is 2. The molecule has 1 N–H and O–H groups in total. The molecule has 2 atom stereocenters. The number of rotatable bonds is 2. The van der Waals surface area contributed by atoms with Crippen LogP contribution < -0.4 is 10.2 Å². The summed E-state index contributed by atoms with van der Waals surface area (Å²) in [5.41, 5.74) is 2.23. The summed E-state index contributed by atoms with van der Waals surface area (Å²) in [4.78, 5) is 2.37. The van der Waals surface area contributed by atoms with Crippen LogP contribution in [0.1, 0.15) is 43.5 Å². The molecule has 2 aromatic carbocycles. The Balaban J connectivity index is 1.77. The average molecular weight is 356 g/mol. The second-order valence-electron chi connectivity index (χ2n) is 8.04. The van der Waals surface area contributed by atoms with Crippen LogP contribution in [0.5, 0.6) is 0 Å². The monoisotopic (exact) mass is 356 g/mol. The molecule has 138 valence electrons. The van der Waals surface area contributed by atoms with Crippen LogP contribution in [0.3, 0.4) is 0 Å². The number of benzene rings is 2. The van der Waals surface area contributed by atoms with E-state index in [0.717, 1.165) is 25.1 Å². The Hall–Kier alpha value is -1.94. The average Bonchev–Trinajstić information content (AvgIpc) is 2.64. The molecule has 2 nitrogen and oxygen atoms in total. The molecule has 2 unspecified atom stereocenters. The van der Waals surface area contributed by atoms with Gasteiger partial charge in [0.05, 0.1) is 5.54 Å². The Morgan fingerprint density at radius 2 is 1.77 bits per heavy atom. The van der Waals surface area contributed by atoms with Gasteiger partial charge in [0.1, 0.15) is 0 Å². The van der Waals surface area contributed by atoms with Gasteiger partial charge >= 0.3 is 0 Å². The Morgan fingerprint density at radius 3 is 2.54 bits per heavy atom. The summed E-state index contributed by atoms with van der Waals surface area (Å²) in [5, 5.41) is 3.31. The maximum absolute atomic E-state index is 15.0. The smallest absolute Gasteiger partial charge is 0.290 e. The lowest BCUT2D eigenvalue weighted by atomic mass is 9.74. The van der Waals surface area contributed by atoms with E-state index in [9.17, 15) is 0 Å². The quantitative estimate of drug-likeness (QED) is 0.823. The number of hydrogen-bond donors (Lipinski definition) is 1. The van der Waals surface area contributed by atoms with Crippen LogP contribution in [-0.4, -0.2) is 18.6 Å². The van der Waals surface area contributed by atoms with Gasteiger partial charge in [-0.25, -0.2) is 0 Å². The van der Waals surface area contributed by atoms with E-state index in [1.165, 1.54) is 11.3 Å². The van der Waals surface area contributed by atoms with Gasteiger partial charge in [-0.2, -0.15) is 8.78 Å². The van der Waals surface area contributed by atoms with Crippen molar-refractivity contribution in [1.82, 2.24) is 5.32 Å². The van der Waals surface area contributed by atoms with E-state index in [4.69, 9.17) is 0 Å². The lowest BCUT2D eigenvalue weighted by molar-refractivity contribution is -0.101. The summed E-state index contributed by atoms with van der Waals surface area (Å²) in [6, 6.07) is 15.4. The highest BCUT2D eigenvalue weighted by Crippen LogP contribution is 2.49. The highest BCUT2D eigenvalue weighted by molar-refractivity contribution is 5.56. The zero-order valence-electron chi connectivity index (χ0n) is 15.6. The third kappa shape index (κ3) is 2.54. The molecule has 0 saturated heterocycles. The van der Waals surface area contributed by atoms with Crippen LogP contribution >= 0.6 is 0 Å². The molecule has 0 bridgehead atoms. The van der Waals surface area contributed by atoms with E-state index < -0.39 is 11.5 Å². The number of anilines is 1. The minimum Gasteiger partial charge on any atom is -0.371 e. The number of alkyl halides is 2. The lowest BCUT2D eigenvalue weighted by Crippen LogP contribution is -2.60. The van der Waals surface area contributed by atoms with Gasteiger partial charge in [-0.15, -0.1) is 0 Å². The van der Waals surface area contributed by atoms with Crippen LogP contribution in [-0.2, 0) is 12.3 Å². The number of para-hydroxylation sites is 1. The Labute approximate surface area is 154 Å². The zero-order chi connectivity index (χ0) is 18.5. The first-order valence-corrected chi connectivity index (χ1v) is 9.43. The van der Waals surface area contributed by atoms with Gasteiger partial charge in [0.15, 0.2) is 0 Å². The largest absolute Gasteiger partial charge is 0.371 e. The predicted molar refractivity (Wildman–Crippen MR) is 102 cm³/mol. The van der Waals surface area contributed by atoms with E-state index in [-0.39, 0.29) is 17.5 Å². The second kappa shape index (κ2) is 6.05. The minimum atomic E-state index is -2.89. The summed E-state index contributed by atoms with van der Waals surface area (Å²) in [7, 11) is 0. The summed E-state index contributed by atoms with van der Waals surface area (Å²) in [5.74, 6) is -2.64. The van der Waals surface area contributed by atoms with Crippen LogP contribution in [0, 0.1) is 5.92 Å². The van der Waals surface area contributed by atoms with Crippen molar-refractivity contribution in [3.05, 3.63) is 65.2 Å². The lowest BCUT2D eigenvalue weighted by Gasteiger charge is -2.48. The Bertz CT molecular complexity index is 815. The molecule has 0 saturated carbocycles. The summed E-state index contributed by atoms with van der Waals surface area (Å²) in [6.07, 6.45) is 0.903. The van der Waals surface area contributed by atoms with Crippen LogP contribution in [0.4, 0.5) is 14.5 Å². The van der Waals surface area contributed by atoms with E-state index in [1.807, 2.05) is 12.1 Å². The third-order valence-electron chi connectivity index (χ3n) is 6.06. The first-order valence-electron chi connectivity index (χ1n) is 9.43. The van der Waals surface area contributed by atoms with Gasteiger partial charge in [0, 0.05) is 36.3 Å². The molecule has 0 amide bonds. The molecule has 0 radical (unpaired) electrons. The number of hydrogen-bond acceptors (Lipinski definition) is 2. The van der Waals surface area contributed by atoms with Crippen molar-refractivity contribution in [3.63, 3.8) is 0 Å². The minimum absolute atomic E-state index is 0.0803. The van der Waals surface area contributed by atoms with Crippen molar-refractivity contribution < 1.29 is 8.78 Å². The maximum Gasteiger partial charge on any atom is 0.290 e. The second-order valence-corrected chi connectivity index (χ2v) is 8.04. The van der Waals surface area contributed by atoms with E-state index >= 15 is 8.78 Å². The van der Waals surface area contributed by atoms with Crippen molar-refractivity contribution in [2.45, 2.75) is 44.7 Å². The highest BCUT2D eigenvalue weighted by Gasteiger charge is 2.55. The maximum atomic E-state index is 15.0. The number of fused-ring (bicyclic) bond motifs is 2. The van der Waals surface area contributed by atoms with Crippen LogP contribution in [0.25, 0.3) is 0 Å². The fourth-order valence-electron chi connectivity index (χ4n) is 4.56. The summed E-state index contributed by atoms with van der Waals surface area (Å²) < 4.78 is 30.0. The summed E-state index contributed by atoms with van der Waals surface area (Å²) in [6.45, 7) is 7.18. The van der Waals surface area contributed by atoms with Crippen LogP contribution in [0.15, 0.2) is 48.5 Å². The molecule has 2 aliphatic heterocycles. The number of nitrogens with zero attached hydrogens (tertiary/aromatic N) is 1. The molecule has 0 aliphatic carbocycles. The van der Waals surface area contributed by atoms with E-state index in [2.05, 4.69) is 41.4 Å². The molecule has 0 aromatic heterocycles. The summed E-state index contributed by atoms with van der Waals surface area (Å²) >= 11 is 0. The molecule has 4 heteroatoms. The molecule has 26 heavy (non-hydrogen) atoms. The first kappa shape index (κ1) is 17.5. The van der Waals surface area contributed by atoms with Crippen LogP contribution in [0.2, 0.25) is 0 Å². The van der Waals surface area contributed by atoms with E-state index in [0.29, 0.717) is 0 Å². The van der Waals surface area contributed by atoms with Gasteiger partial charge < -0.3 is 4.90 Å². The molecular weight excluding hydrogens is 330 g/mol. The molecule has 4 rings (SSSR count). The molecule has 2 heterocycles. The molecular formula is C22H26F2N2. The number of nitrogens with one attached hydrogen (secondary N) is 1. The fourth-order valence-corrected chi connectivity index (χ4v) is 4.56. The SMILES string of the molecule is CCN1CC(C2NC(C)(C)C(F)(F)c3ccccc32)Cc2ccccc21. The van der Waals surface area contributed by atoms with Gasteiger partial charge in [-0.1, -0.05) is 42.5 Å². The van der Waals surface area contributed by atoms with Crippen molar-refractivity contribution in [2.24, 2.45) is 5.92 Å². The van der Waals surface area contributed by atoms with Gasteiger partial charge in [-0.3, -0.25) is 5.32 Å². The molecule has 0 spiro atoms. The first-order chi connectivity index (χ1) is 12.3. The standard InChI is InChI=1S/C22H26F2N2/c1-4-26-14-16(13-15-9-5-8-12-19(15)26)20-17-10-6-7-11-18(17)22(23,24)21(2,3)25-20/h5-12,16,20,25H,4,13-14H2,1-3H3. The topological polar surface area (TPSA) is 15.3 Å². The predicted octanol–water partition coefficient (Wildman–Crippen LogP) is 4.90. The van der Waals surface area contributed by atoms with Gasteiger partial charge in [0.25, 0.3) is 5.92 Å². The zero-order valence-corrected chi connectivity index (χ0v) is 15.6. The fraction of sp³-hybridized carbons (Fsp3) is 0.455. The van der Waals surface area contributed by atoms with Crippen molar-refractivity contribution in [3.8, 4) is 0 Å². The highest BCUT2D eigenvalue weighted by atomic mass is 19.3.